The van der Waals surface area contributed by atoms with Gasteiger partial charge >= 0.3 is 0 Å². The predicted molar refractivity (Wildman–Crippen MR) is 72.7 cm³/mol. The quantitative estimate of drug-likeness (QED) is 0.847. The van der Waals surface area contributed by atoms with Gasteiger partial charge in [0.15, 0.2) is 0 Å². The molecule has 104 valence electrons. The van der Waals surface area contributed by atoms with Crippen LogP contribution in [0.2, 0.25) is 0 Å². The van der Waals surface area contributed by atoms with Crippen molar-refractivity contribution >= 4 is 5.91 Å². The minimum Gasteiger partial charge on any atom is -0.354 e. The van der Waals surface area contributed by atoms with E-state index in [1.807, 2.05) is 16.9 Å². The summed E-state index contributed by atoms with van der Waals surface area (Å²) in [5.41, 5.74) is -0.488. The van der Waals surface area contributed by atoms with Crippen LogP contribution in [0.1, 0.15) is 32.1 Å². The van der Waals surface area contributed by atoms with Gasteiger partial charge < -0.3 is 10.6 Å². The molecule has 0 bridgehead atoms. The molecule has 1 saturated heterocycles. The highest BCUT2D eigenvalue weighted by Crippen LogP contribution is 2.29. The number of hydrogen-bond donors (Lipinski definition) is 2. The Bertz CT molecular complexity index is 419. The van der Waals surface area contributed by atoms with Crippen LogP contribution in [0.3, 0.4) is 0 Å². The minimum atomic E-state index is -0.488. The van der Waals surface area contributed by atoms with Crippen molar-refractivity contribution in [1.29, 1.82) is 0 Å². The Morgan fingerprint density at radius 3 is 2.79 bits per heavy atom. The summed E-state index contributed by atoms with van der Waals surface area (Å²) >= 11 is 0. The molecule has 1 saturated carbocycles. The van der Waals surface area contributed by atoms with E-state index in [0.717, 1.165) is 32.5 Å². The van der Waals surface area contributed by atoms with Crippen molar-refractivity contribution in [3.05, 3.63) is 18.5 Å². The Morgan fingerprint density at radius 2 is 2.21 bits per heavy atom. The van der Waals surface area contributed by atoms with Crippen molar-refractivity contribution in [2.45, 2.75) is 37.6 Å². The number of hydrogen-bond acceptors (Lipinski definition) is 3. The van der Waals surface area contributed by atoms with Crippen LogP contribution in [0.15, 0.2) is 18.5 Å². The molecule has 1 aromatic heterocycles. The Morgan fingerprint density at radius 1 is 1.42 bits per heavy atom. The zero-order valence-electron chi connectivity index (χ0n) is 11.3. The van der Waals surface area contributed by atoms with Crippen LogP contribution >= 0.6 is 0 Å². The standard InChI is InChI=1S/C14H22N4O/c19-13(16-11-12-3-1-4-12)14(5-8-15-9-6-14)18-10-2-7-17-18/h2,7,10,12,15H,1,3-6,8-9,11H2,(H,16,19). The third-order valence-corrected chi connectivity index (χ3v) is 4.57. The molecule has 5 nitrogen and oxygen atoms in total. The summed E-state index contributed by atoms with van der Waals surface area (Å²) in [7, 11) is 0. The predicted octanol–water partition coefficient (Wildman–Crippen LogP) is 0.878. The molecule has 1 aliphatic carbocycles. The van der Waals surface area contributed by atoms with Gasteiger partial charge in [0.05, 0.1) is 0 Å². The van der Waals surface area contributed by atoms with Gasteiger partial charge in [-0.3, -0.25) is 9.48 Å². The van der Waals surface area contributed by atoms with Crippen molar-refractivity contribution in [3.8, 4) is 0 Å². The van der Waals surface area contributed by atoms with Crippen molar-refractivity contribution < 1.29 is 4.79 Å². The molecule has 0 radical (unpaired) electrons. The van der Waals surface area contributed by atoms with Crippen LogP contribution < -0.4 is 10.6 Å². The number of carbonyl (C=O) groups is 1. The second-order valence-corrected chi connectivity index (χ2v) is 5.74. The molecule has 0 spiro atoms. The number of rotatable bonds is 4. The Labute approximate surface area is 113 Å². The average Bonchev–Trinajstić information content (AvgIpc) is 2.92. The first kappa shape index (κ1) is 12.7. The lowest BCUT2D eigenvalue weighted by Crippen LogP contribution is -2.55. The molecular weight excluding hydrogens is 240 g/mol. The van der Waals surface area contributed by atoms with E-state index in [-0.39, 0.29) is 5.91 Å². The second kappa shape index (κ2) is 5.33. The van der Waals surface area contributed by atoms with Crippen molar-refractivity contribution in [2.24, 2.45) is 5.92 Å². The molecule has 5 heteroatoms. The van der Waals surface area contributed by atoms with E-state index in [4.69, 9.17) is 0 Å². The summed E-state index contributed by atoms with van der Waals surface area (Å²) in [6.45, 7) is 2.57. The van der Waals surface area contributed by atoms with Crippen LogP contribution in [0.4, 0.5) is 0 Å². The fourth-order valence-electron chi connectivity index (χ4n) is 3.02. The van der Waals surface area contributed by atoms with Gasteiger partial charge in [-0.1, -0.05) is 6.42 Å². The normalized spacial score (nSPS) is 22.7. The zero-order valence-corrected chi connectivity index (χ0v) is 11.3. The van der Waals surface area contributed by atoms with Crippen molar-refractivity contribution in [1.82, 2.24) is 20.4 Å². The number of carbonyl (C=O) groups excluding carboxylic acids is 1. The number of nitrogens with zero attached hydrogens (tertiary/aromatic N) is 2. The number of nitrogens with one attached hydrogen (secondary N) is 2. The Hall–Kier alpha value is -1.36. The molecule has 1 amide bonds. The van der Waals surface area contributed by atoms with Crippen LogP contribution in [0.25, 0.3) is 0 Å². The van der Waals surface area contributed by atoms with E-state index in [9.17, 15) is 4.79 Å². The van der Waals surface area contributed by atoms with Crippen LogP contribution in [0, 0.1) is 5.92 Å². The third kappa shape index (κ3) is 2.39. The molecule has 1 aliphatic heterocycles. The Kier molecular flexibility index (Phi) is 3.55. The zero-order chi connectivity index (χ0) is 13.1. The molecule has 19 heavy (non-hydrogen) atoms. The lowest BCUT2D eigenvalue weighted by molar-refractivity contribution is -0.132. The maximum Gasteiger partial charge on any atom is 0.248 e. The second-order valence-electron chi connectivity index (χ2n) is 5.74. The molecule has 2 heterocycles. The molecule has 2 N–H and O–H groups in total. The van der Waals surface area contributed by atoms with Gasteiger partial charge in [-0.2, -0.15) is 5.10 Å². The first-order valence-corrected chi connectivity index (χ1v) is 7.30. The summed E-state index contributed by atoms with van der Waals surface area (Å²) < 4.78 is 1.85. The first-order chi connectivity index (χ1) is 9.31. The van der Waals surface area contributed by atoms with E-state index in [2.05, 4.69) is 15.7 Å². The van der Waals surface area contributed by atoms with E-state index in [0.29, 0.717) is 5.92 Å². The maximum atomic E-state index is 12.7. The topological polar surface area (TPSA) is 59.0 Å². The number of amides is 1. The van der Waals surface area contributed by atoms with Gasteiger partial charge in [0.1, 0.15) is 5.54 Å². The maximum absolute atomic E-state index is 12.7. The third-order valence-electron chi connectivity index (χ3n) is 4.57. The molecule has 2 fully saturated rings. The number of piperidine rings is 1. The van der Waals surface area contributed by atoms with Crippen LogP contribution in [-0.2, 0) is 10.3 Å². The van der Waals surface area contributed by atoms with Crippen LogP contribution in [0.5, 0.6) is 0 Å². The van der Waals surface area contributed by atoms with Crippen molar-refractivity contribution in [2.75, 3.05) is 19.6 Å². The summed E-state index contributed by atoms with van der Waals surface area (Å²) in [5, 5.41) is 10.8. The molecule has 0 aromatic carbocycles. The summed E-state index contributed by atoms with van der Waals surface area (Å²) in [5.74, 6) is 0.838. The lowest BCUT2D eigenvalue weighted by Gasteiger charge is -2.37. The fraction of sp³-hybridized carbons (Fsp3) is 0.714. The highest BCUT2D eigenvalue weighted by Gasteiger charge is 2.42. The average molecular weight is 262 g/mol. The van der Waals surface area contributed by atoms with E-state index < -0.39 is 5.54 Å². The van der Waals surface area contributed by atoms with Crippen LogP contribution in [-0.4, -0.2) is 35.3 Å². The molecule has 1 aromatic rings. The molecule has 2 aliphatic rings. The van der Waals surface area contributed by atoms with Gasteiger partial charge in [-0.25, -0.2) is 0 Å². The lowest BCUT2D eigenvalue weighted by atomic mass is 9.84. The summed E-state index contributed by atoms with van der Waals surface area (Å²) in [6, 6.07) is 1.89. The van der Waals surface area contributed by atoms with E-state index in [1.54, 1.807) is 6.20 Å². The highest BCUT2D eigenvalue weighted by molar-refractivity contribution is 5.84. The largest absolute Gasteiger partial charge is 0.354 e. The van der Waals surface area contributed by atoms with Gasteiger partial charge in [-0.15, -0.1) is 0 Å². The van der Waals surface area contributed by atoms with Crippen molar-refractivity contribution in [3.63, 3.8) is 0 Å². The van der Waals surface area contributed by atoms with Gasteiger partial charge in [0.25, 0.3) is 0 Å². The summed E-state index contributed by atoms with van der Waals surface area (Å²) in [4.78, 5) is 12.7. The van der Waals surface area contributed by atoms with Gasteiger partial charge in [0.2, 0.25) is 5.91 Å². The molecule has 0 unspecified atom stereocenters. The smallest absolute Gasteiger partial charge is 0.248 e. The fourth-order valence-corrected chi connectivity index (χ4v) is 3.02. The first-order valence-electron chi connectivity index (χ1n) is 7.30. The SMILES string of the molecule is O=C(NCC1CCC1)C1(n2cccn2)CCNCC1. The molecular formula is C14H22N4O. The molecule has 0 atom stereocenters. The number of aromatic nitrogens is 2. The van der Waals surface area contributed by atoms with E-state index >= 15 is 0 Å². The highest BCUT2D eigenvalue weighted by atomic mass is 16.2. The molecule has 3 rings (SSSR count). The Balaban J connectivity index is 1.72. The summed E-state index contributed by atoms with van der Waals surface area (Å²) in [6.07, 6.45) is 9.12. The van der Waals surface area contributed by atoms with E-state index in [1.165, 1.54) is 19.3 Å². The minimum absolute atomic E-state index is 0.143. The monoisotopic (exact) mass is 262 g/mol. The van der Waals surface area contributed by atoms with Gasteiger partial charge in [-0.05, 0) is 50.8 Å². The van der Waals surface area contributed by atoms with Gasteiger partial charge in [0, 0.05) is 18.9 Å².